The number of ether oxygens (including phenoxy) is 2. The van der Waals surface area contributed by atoms with E-state index < -0.39 is 12.1 Å². The van der Waals surface area contributed by atoms with Crippen molar-refractivity contribution in [2.75, 3.05) is 20.3 Å². The fourth-order valence-corrected chi connectivity index (χ4v) is 2.31. The minimum absolute atomic E-state index is 0.364. The summed E-state index contributed by atoms with van der Waals surface area (Å²) in [5.74, 6) is -0.370. The van der Waals surface area contributed by atoms with Crippen molar-refractivity contribution in [1.82, 2.24) is 4.90 Å². The minimum atomic E-state index is -0.618. The minimum Gasteiger partial charge on any atom is -0.464 e. The van der Waals surface area contributed by atoms with E-state index in [1.165, 1.54) is 49.8 Å². The number of unbranched alkanes of at least 4 members (excludes halogenated alkanes) is 8. The zero-order valence-corrected chi connectivity index (χ0v) is 16.1. The first-order valence-corrected chi connectivity index (χ1v) is 9.60. The normalized spacial score (nSPS) is 11.8. The van der Waals surface area contributed by atoms with Gasteiger partial charge in [-0.15, -0.1) is 0 Å². The van der Waals surface area contributed by atoms with Crippen LogP contribution in [-0.4, -0.2) is 43.3 Å². The lowest BCUT2D eigenvalue weighted by Gasteiger charge is -2.22. The topological polar surface area (TPSA) is 55.8 Å². The quantitative estimate of drug-likeness (QED) is 0.331. The summed E-state index contributed by atoms with van der Waals surface area (Å²) in [6.45, 7) is 6.61. The molecule has 1 unspecified atom stereocenters. The van der Waals surface area contributed by atoms with Crippen LogP contribution in [0.1, 0.15) is 85.0 Å². The highest BCUT2D eigenvalue weighted by molar-refractivity contribution is 5.80. The molecule has 5 heteroatoms. The molecule has 1 atom stereocenters. The van der Waals surface area contributed by atoms with Gasteiger partial charge in [0.25, 0.3) is 0 Å². The third-order valence-corrected chi connectivity index (χ3v) is 4.13. The molecule has 0 spiro atoms. The number of amides is 1. The van der Waals surface area contributed by atoms with Crippen LogP contribution in [0.25, 0.3) is 0 Å². The first-order valence-electron chi connectivity index (χ1n) is 9.60. The average molecular weight is 344 g/mol. The van der Waals surface area contributed by atoms with Gasteiger partial charge in [-0.25, -0.2) is 9.59 Å². The van der Waals surface area contributed by atoms with Crippen molar-refractivity contribution in [3.63, 3.8) is 0 Å². The maximum atomic E-state index is 11.9. The highest BCUT2D eigenvalue weighted by atomic mass is 16.6. The van der Waals surface area contributed by atoms with Crippen molar-refractivity contribution in [3.05, 3.63) is 0 Å². The smallest absolute Gasteiger partial charge is 0.410 e. The molecule has 0 aromatic rings. The van der Waals surface area contributed by atoms with Crippen molar-refractivity contribution < 1.29 is 19.1 Å². The molecule has 142 valence electrons. The Morgan fingerprint density at radius 3 is 1.88 bits per heavy atom. The van der Waals surface area contributed by atoms with Gasteiger partial charge in [0, 0.05) is 7.05 Å². The highest BCUT2D eigenvalue weighted by Crippen LogP contribution is 2.10. The van der Waals surface area contributed by atoms with E-state index in [1.54, 1.807) is 14.0 Å². The van der Waals surface area contributed by atoms with Crippen LogP contribution in [0, 0.1) is 0 Å². The van der Waals surface area contributed by atoms with Crippen LogP contribution in [0.3, 0.4) is 0 Å². The van der Waals surface area contributed by atoms with Crippen molar-refractivity contribution in [3.8, 4) is 0 Å². The van der Waals surface area contributed by atoms with Crippen LogP contribution >= 0.6 is 0 Å². The number of rotatable bonds is 14. The Hall–Kier alpha value is -1.26. The molecular weight excluding hydrogens is 306 g/mol. The summed E-state index contributed by atoms with van der Waals surface area (Å²) in [5, 5.41) is 0. The summed E-state index contributed by atoms with van der Waals surface area (Å²) in [5.41, 5.74) is 0. The second-order valence-corrected chi connectivity index (χ2v) is 6.40. The van der Waals surface area contributed by atoms with Crippen LogP contribution in [0.5, 0.6) is 0 Å². The molecule has 0 aromatic heterocycles. The molecule has 24 heavy (non-hydrogen) atoms. The molecule has 5 nitrogen and oxygen atoms in total. The molecule has 0 fully saturated rings. The first kappa shape index (κ1) is 22.7. The zero-order valence-electron chi connectivity index (χ0n) is 16.1. The van der Waals surface area contributed by atoms with Crippen molar-refractivity contribution in [2.24, 2.45) is 0 Å². The highest BCUT2D eigenvalue weighted by Gasteiger charge is 2.24. The largest absolute Gasteiger partial charge is 0.464 e. The Bertz CT molecular complexity index is 333. The van der Waals surface area contributed by atoms with E-state index in [9.17, 15) is 9.59 Å². The Morgan fingerprint density at radius 1 is 0.792 bits per heavy atom. The van der Waals surface area contributed by atoms with E-state index in [1.807, 2.05) is 6.92 Å². The molecule has 0 rings (SSSR count). The predicted octanol–water partition coefficient (Wildman–Crippen LogP) is 4.93. The summed E-state index contributed by atoms with van der Waals surface area (Å²) in [7, 11) is 1.56. The van der Waals surface area contributed by atoms with Gasteiger partial charge >= 0.3 is 12.1 Å². The fraction of sp³-hybridized carbons (Fsp3) is 0.895. The number of hydrogen-bond acceptors (Lipinski definition) is 4. The van der Waals surface area contributed by atoms with Gasteiger partial charge in [-0.2, -0.15) is 0 Å². The number of esters is 1. The lowest BCUT2D eigenvalue weighted by atomic mass is 10.1. The molecule has 0 bridgehead atoms. The molecule has 0 aliphatic rings. The summed E-state index contributed by atoms with van der Waals surface area (Å²) in [6, 6.07) is -0.618. The number of nitrogens with zero attached hydrogens (tertiary/aromatic N) is 1. The van der Waals surface area contributed by atoms with E-state index in [-0.39, 0.29) is 5.97 Å². The third-order valence-electron chi connectivity index (χ3n) is 4.13. The van der Waals surface area contributed by atoms with Gasteiger partial charge in [-0.3, -0.25) is 4.90 Å². The SMILES string of the molecule is CCCCCCCCCCCOC(=O)C(C)N(C)C(=O)OCCC. The van der Waals surface area contributed by atoms with Gasteiger partial charge in [0.05, 0.1) is 13.2 Å². The van der Waals surface area contributed by atoms with Crippen LogP contribution in [0.15, 0.2) is 0 Å². The van der Waals surface area contributed by atoms with Crippen molar-refractivity contribution in [2.45, 2.75) is 91.0 Å². The standard InChI is InChI=1S/C19H37NO4/c1-5-7-8-9-10-11-12-13-14-16-23-18(21)17(3)20(4)19(22)24-15-6-2/h17H,5-16H2,1-4H3. The van der Waals surface area contributed by atoms with Gasteiger partial charge in [-0.05, 0) is 19.8 Å². The number of carbonyl (C=O) groups excluding carboxylic acids is 2. The number of hydrogen-bond donors (Lipinski definition) is 0. The summed E-state index contributed by atoms with van der Waals surface area (Å²) < 4.78 is 10.3. The predicted molar refractivity (Wildman–Crippen MR) is 97.1 cm³/mol. The summed E-state index contributed by atoms with van der Waals surface area (Å²) in [4.78, 5) is 24.9. The van der Waals surface area contributed by atoms with Gasteiger partial charge in [-0.1, -0.05) is 65.2 Å². The van der Waals surface area contributed by atoms with Crippen molar-refractivity contribution in [1.29, 1.82) is 0 Å². The van der Waals surface area contributed by atoms with Gasteiger partial charge in [0.1, 0.15) is 6.04 Å². The zero-order chi connectivity index (χ0) is 18.2. The summed E-state index contributed by atoms with van der Waals surface area (Å²) >= 11 is 0. The molecule has 0 aliphatic carbocycles. The van der Waals surface area contributed by atoms with Crippen molar-refractivity contribution >= 4 is 12.1 Å². The Labute approximate surface area is 148 Å². The second kappa shape index (κ2) is 15.3. The first-order chi connectivity index (χ1) is 11.5. The van der Waals surface area contributed by atoms with Gasteiger partial charge < -0.3 is 9.47 Å². The van der Waals surface area contributed by atoms with Gasteiger partial charge in [0.2, 0.25) is 0 Å². The van der Waals surface area contributed by atoms with E-state index in [0.717, 1.165) is 19.3 Å². The average Bonchev–Trinajstić information content (AvgIpc) is 2.59. The van der Waals surface area contributed by atoms with E-state index >= 15 is 0 Å². The molecule has 0 aliphatic heterocycles. The lowest BCUT2D eigenvalue weighted by molar-refractivity contribution is -0.148. The molecule has 0 aromatic carbocycles. The maximum Gasteiger partial charge on any atom is 0.410 e. The van der Waals surface area contributed by atoms with Crippen LogP contribution in [0.4, 0.5) is 4.79 Å². The van der Waals surface area contributed by atoms with Crippen LogP contribution in [-0.2, 0) is 14.3 Å². The third kappa shape index (κ3) is 11.3. The van der Waals surface area contributed by atoms with Gasteiger partial charge in [0.15, 0.2) is 0 Å². The van der Waals surface area contributed by atoms with E-state index in [0.29, 0.717) is 13.2 Å². The Balaban J connectivity index is 3.65. The molecule has 0 saturated carbocycles. The molecular formula is C19H37NO4. The molecule has 0 heterocycles. The van der Waals surface area contributed by atoms with E-state index in [2.05, 4.69) is 6.92 Å². The Kier molecular flexibility index (Phi) is 14.5. The maximum absolute atomic E-state index is 11.9. The fourth-order valence-electron chi connectivity index (χ4n) is 2.31. The Morgan fingerprint density at radius 2 is 1.33 bits per heavy atom. The molecule has 1 amide bonds. The molecule has 0 N–H and O–H groups in total. The second-order valence-electron chi connectivity index (χ2n) is 6.40. The molecule has 0 radical (unpaired) electrons. The summed E-state index contributed by atoms with van der Waals surface area (Å²) in [6.07, 6.45) is 11.3. The van der Waals surface area contributed by atoms with Crippen LogP contribution in [0.2, 0.25) is 0 Å². The lowest BCUT2D eigenvalue weighted by Crippen LogP contribution is -2.41. The van der Waals surface area contributed by atoms with E-state index in [4.69, 9.17) is 9.47 Å². The number of carbonyl (C=O) groups is 2. The van der Waals surface area contributed by atoms with Crippen LogP contribution < -0.4 is 0 Å². The number of likely N-dealkylation sites (N-methyl/N-ethyl adjacent to an activating group) is 1. The monoisotopic (exact) mass is 343 g/mol. The molecule has 0 saturated heterocycles.